The van der Waals surface area contributed by atoms with Gasteiger partial charge in [-0.2, -0.15) is 0 Å². The summed E-state index contributed by atoms with van der Waals surface area (Å²) in [6.45, 7) is 3.76. The molecule has 0 amide bonds. The standard InChI is InChI=1S/C11H21NO3S/c1-11(5-7-12-8-6-11)10(13)4-3-9-16(2,14)15/h12H,3-9H2,1-2H3. The molecule has 0 spiro atoms. The Balaban J connectivity index is 2.39. The number of Topliss-reactive ketones (excluding diaryl/α,β-unsaturated/α-hetero) is 1. The van der Waals surface area contributed by atoms with Crippen molar-refractivity contribution in [1.82, 2.24) is 5.32 Å². The van der Waals surface area contributed by atoms with Gasteiger partial charge in [0.1, 0.15) is 15.6 Å². The van der Waals surface area contributed by atoms with Gasteiger partial charge in [0.25, 0.3) is 0 Å². The number of carbonyl (C=O) groups excluding carboxylic acids is 1. The first-order valence-corrected chi connectivity index (χ1v) is 7.81. The molecule has 1 heterocycles. The van der Waals surface area contributed by atoms with Crippen molar-refractivity contribution < 1.29 is 13.2 Å². The predicted molar refractivity (Wildman–Crippen MR) is 64.2 cm³/mol. The second-order valence-electron chi connectivity index (χ2n) is 4.97. The fraction of sp³-hybridized carbons (Fsp3) is 0.909. The summed E-state index contributed by atoms with van der Waals surface area (Å²) in [6.07, 6.45) is 3.80. The number of ketones is 1. The van der Waals surface area contributed by atoms with Crippen LogP contribution in [0.1, 0.15) is 32.6 Å². The third kappa shape index (κ3) is 4.22. The molecule has 0 aromatic heterocycles. The molecule has 1 aliphatic rings. The van der Waals surface area contributed by atoms with Crippen molar-refractivity contribution in [3.8, 4) is 0 Å². The van der Waals surface area contributed by atoms with Crippen LogP contribution >= 0.6 is 0 Å². The molecule has 5 heteroatoms. The van der Waals surface area contributed by atoms with Crippen LogP contribution in [0.2, 0.25) is 0 Å². The van der Waals surface area contributed by atoms with Crippen molar-refractivity contribution in [3.63, 3.8) is 0 Å². The van der Waals surface area contributed by atoms with Gasteiger partial charge in [-0.05, 0) is 32.4 Å². The monoisotopic (exact) mass is 247 g/mol. The second kappa shape index (κ2) is 5.27. The Hall–Kier alpha value is -0.420. The van der Waals surface area contributed by atoms with Gasteiger partial charge in [-0.1, -0.05) is 6.92 Å². The van der Waals surface area contributed by atoms with Gasteiger partial charge in [0.2, 0.25) is 0 Å². The summed E-state index contributed by atoms with van der Waals surface area (Å²) in [6, 6.07) is 0. The molecule has 0 aromatic rings. The highest BCUT2D eigenvalue weighted by atomic mass is 32.2. The molecular formula is C11H21NO3S. The molecule has 1 aliphatic heterocycles. The molecule has 94 valence electrons. The van der Waals surface area contributed by atoms with E-state index in [1.165, 1.54) is 6.26 Å². The summed E-state index contributed by atoms with van der Waals surface area (Å²) in [4.78, 5) is 12.0. The lowest BCUT2D eigenvalue weighted by Gasteiger charge is -2.32. The van der Waals surface area contributed by atoms with Crippen LogP contribution < -0.4 is 5.32 Å². The van der Waals surface area contributed by atoms with E-state index in [1.54, 1.807) is 0 Å². The molecule has 1 fully saturated rings. The molecule has 1 saturated heterocycles. The number of piperidine rings is 1. The molecule has 0 saturated carbocycles. The topological polar surface area (TPSA) is 63.2 Å². The molecule has 0 aliphatic carbocycles. The summed E-state index contributed by atoms with van der Waals surface area (Å²) < 4.78 is 21.9. The first-order chi connectivity index (χ1) is 7.33. The fourth-order valence-electron chi connectivity index (χ4n) is 2.05. The lowest BCUT2D eigenvalue weighted by Crippen LogP contribution is -2.40. The van der Waals surface area contributed by atoms with E-state index in [0.717, 1.165) is 25.9 Å². The quantitative estimate of drug-likeness (QED) is 0.779. The van der Waals surface area contributed by atoms with Gasteiger partial charge in [0.15, 0.2) is 0 Å². The van der Waals surface area contributed by atoms with Crippen molar-refractivity contribution in [2.24, 2.45) is 5.41 Å². The lowest BCUT2D eigenvalue weighted by molar-refractivity contribution is -0.129. The molecule has 4 nitrogen and oxygen atoms in total. The third-order valence-electron chi connectivity index (χ3n) is 3.30. The van der Waals surface area contributed by atoms with Gasteiger partial charge in [-0.15, -0.1) is 0 Å². The molecule has 0 aromatic carbocycles. The number of carbonyl (C=O) groups is 1. The van der Waals surface area contributed by atoms with E-state index < -0.39 is 9.84 Å². The Bertz CT molecular complexity index is 342. The third-order valence-corrected chi connectivity index (χ3v) is 4.33. The van der Waals surface area contributed by atoms with Crippen LogP contribution in [0.15, 0.2) is 0 Å². The minimum absolute atomic E-state index is 0.118. The zero-order valence-electron chi connectivity index (χ0n) is 10.1. The SMILES string of the molecule is CC1(C(=O)CCCS(C)(=O)=O)CCNCC1. The summed E-state index contributed by atoms with van der Waals surface area (Å²) in [5, 5.41) is 3.23. The Labute approximate surface area is 97.7 Å². The summed E-state index contributed by atoms with van der Waals surface area (Å²) in [5.41, 5.74) is -0.233. The summed E-state index contributed by atoms with van der Waals surface area (Å²) in [7, 11) is -2.93. The maximum atomic E-state index is 12.0. The highest BCUT2D eigenvalue weighted by molar-refractivity contribution is 7.90. The van der Waals surface area contributed by atoms with Gasteiger partial charge in [0.05, 0.1) is 5.75 Å². The molecule has 0 unspecified atom stereocenters. The summed E-state index contributed by atoms with van der Waals surface area (Å²) in [5.74, 6) is 0.338. The minimum Gasteiger partial charge on any atom is -0.317 e. The zero-order chi connectivity index (χ0) is 12.2. The van der Waals surface area contributed by atoms with Crippen molar-refractivity contribution in [3.05, 3.63) is 0 Å². The molecule has 0 atom stereocenters. The Morgan fingerprint density at radius 3 is 2.38 bits per heavy atom. The van der Waals surface area contributed by atoms with Crippen LogP contribution in [0.5, 0.6) is 0 Å². The smallest absolute Gasteiger partial charge is 0.147 e. The molecule has 0 radical (unpaired) electrons. The van der Waals surface area contributed by atoms with Crippen molar-refractivity contribution >= 4 is 15.6 Å². The average molecular weight is 247 g/mol. The van der Waals surface area contributed by atoms with Gasteiger partial charge in [-0.3, -0.25) is 4.79 Å². The first kappa shape index (κ1) is 13.6. The number of rotatable bonds is 5. The second-order valence-corrected chi connectivity index (χ2v) is 7.23. The van der Waals surface area contributed by atoms with Gasteiger partial charge in [0, 0.05) is 18.1 Å². The Morgan fingerprint density at radius 1 is 1.31 bits per heavy atom. The van der Waals surface area contributed by atoms with Crippen LogP contribution in [0.25, 0.3) is 0 Å². The highest BCUT2D eigenvalue weighted by Gasteiger charge is 2.33. The van der Waals surface area contributed by atoms with E-state index in [1.807, 2.05) is 6.92 Å². The van der Waals surface area contributed by atoms with E-state index in [4.69, 9.17) is 0 Å². The van der Waals surface area contributed by atoms with E-state index in [0.29, 0.717) is 12.8 Å². The van der Waals surface area contributed by atoms with E-state index >= 15 is 0 Å². The average Bonchev–Trinajstić information content (AvgIpc) is 2.16. The Morgan fingerprint density at radius 2 is 1.88 bits per heavy atom. The summed E-state index contributed by atoms with van der Waals surface area (Å²) >= 11 is 0. The van der Waals surface area contributed by atoms with Crippen LogP contribution in [-0.4, -0.2) is 39.3 Å². The maximum absolute atomic E-state index is 12.0. The molecule has 1 N–H and O–H groups in total. The van der Waals surface area contributed by atoms with Crippen LogP contribution in [-0.2, 0) is 14.6 Å². The normalized spacial score (nSPS) is 20.6. The largest absolute Gasteiger partial charge is 0.317 e. The number of hydrogen-bond acceptors (Lipinski definition) is 4. The van der Waals surface area contributed by atoms with Crippen LogP contribution in [0.3, 0.4) is 0 Å². The van der Waals surface area contributed by atoms with E-state index in [-0.39, 0.29) is 17.0 Å². The van der Waals surface area contributed by atoms with E-state index in [9.17, 15) is 13.2 Å². The highest BCUT2D eigenvalue weighted by Crippen LogP contribution is 2.30. The zero-order valence-corrected chi connectivity index (χ0v) is 10.9. The molecule has 16 heavy (non-hydrogen) atoms. The minimum atomic E-state index is -2.93. The number of nitrogens with one attached hydrogen (secondary N) is 1. The fourth-order valence-corrected chi connectivity index (χ4v) is 2.72. The Kier molecular flexibility index (Phi) is 4.50. The predicted octanol–water partition coefficient (Wildman–Crippen LogP) is 0.770. The maximum Gasteiger partial charge on any atom is 0.147 e. The number of hydrogen-bond donors (Lipinski definition) is 1. The van der Waals surface area contributed by atoms with Gasteiger partial charge in [-0.25, -0.2) is 8.42 Å². The van der Waals surface area contributed by atoms with Crippen molar-refractivity contribution in [2.45, 2.75) is 32.6 Å². The van der Waals surface area contributed by atoms with Gasteiger partial charge >= 0.3 is 0 Å². The number of sulfone groups is 1. The van der Waals surface area contributed by atoms with E-state index in [2.05, 4.69) is 5.32 Å². The lowest BCUT2D eigenvalue weighted by atomic mass is 9.76. The molecular weight excluding hydrogens is 226 g/mol. The van der Waals surface area contributed by atoms with Crippen molar-refractivity contribution in [1.29, 1.82) is 0 Å². The van der Waals surface area contributed by atoms with Crippen LogP contribution in [0, 0.1) is 5.41 Å². The van der Waals surface area contributed by atoms with Crippen molar-refractivity contribution in [2.75, 3.05) is 25.1 Å². The first-order valence-electron chi connectivity index (χ1n) is 5.75. The molecule has 0 bridgehead atoms. The van der Waals surface area contributed by atoms with Crippen LogP contribution in [0.4, 0.5) is 0 Å². The van der Waals surface area contributed by atoms with Gasteiger partial charge < -0.3 is 5.32 Å². The molecule has 1 rings (SSSR count).